The average Bonchev–Trinajstić information content (AvgIpc) is 2.52. The van der Waals surface area contributed by atoms with Crippen LogP contribution >= 0.6 is 0 Å². The van der Waals surface area contributed by atoms with Crippen LogP contribution in [0.15, 0.2) is 48.8 Å². The molecule has 0 saturated heterocycles. The molecule has 21 heavy (non-hydrogen) atoms. The van der Waals surface area contributed by atoms with E-state index in [1.807, 2.05) is 12.1 Å². The normalized spacial score (nSPS) is 10.3. The minimum Gasteiger partial charge on any atom is -0.492 e. The number of aromatic carboxylic acids is 1. The van der Waals surface area contributed by atoms with Gasteiger partial charge < -0.3 is 15.2 Å². The van der Waals surface area contributed by atoms with Crippen LogP contribution in [-0.2, 0) is 6.42 Å². The second-order valence-electron chi connectivity index (χ2n) is 4.54. The summed E-state index contributed by atoms with van der Waals surface area (Å²) < 4.78 is 5.51. The molecule has 1 aromatic heterocycles. The summed E-state index contributed by atoms with van der Waals surface area (Å²) >= 11 is 0. The number of rotatable bonds is 8. The number of aromatic nitrogens is 1. The number of hydrogen-bond donors (Lipinski definition) is 2. The Morgan fingerprint density at radius 1 is 1.19 bits per heavy atom. The van der Waals surface area contributed by atoms with E-state index in [1.54, 1.807) is 30.6 Å². The van der Waals surface area contributed by atoms with E-state index < -0.39 is 5.97 Å². The molecule has 1 heterocycles. The maximum atomic E-state index is 10.8. The molecule has 5 heteroatoms. The number of ether oxygens (including phenoxy) is 1. The standard InChI is InChI=1S/C16H18N2O3/c19-16(20)14-2-1-3-15(12-14)21-11-10-18-9-6-13-4-7-17-8-5-13/h1-5,7-8,12,18H,6,9-11H2,(H,19,20). The van der Waals surface area contributed by atoms with Gasteiger partial charge in [0.05, 0.1) is 5.56 Å². The van der Waals surface area contributed by atoms with E-state index in [4.69, 9.17) is 9.84 Å². The van der Waals surface area contributed by atoms with E-state index in [2.05, 4.69) is 10.3 Å². The van der Waals surface area contributed by atoms with Crippen LogP contribution in [0.2, 0.25) is 0 Å². The third-order valence-corrected chi connectivity index (χ3v) is 2.97. The van der Waals surface area contributed by atoms with Crippen LogP contribution in [0, 0.1) is 0 Å². The van der Waals surface area contributed by atoms with Crippen LogP contribution in [0.3, 0.4) is 0 Å². The molecule has 0 saturated carbocycles. The fraction of sp³-hybridized carbons (Fsp3) is 0.250. The molecular formula is C16H18N2O3. The first-order valence-corrected chi connectivity index (χ1v) is 6.81. The monoisotopic (exact) mass is 286 g/mol. The van der Waals surface area contributed by atoms with Crippen molar-refractivity contribution in [3.8, 4) is 5.75 Å². The van der Waals surface area contributed by atoms with Gasteiger partial charge in [0.1, 0.15) is 12.4 Å². The van der Waals surface area contributed by atoms with Gasteiger partial charge in [-0.1, -0.05) is 6.07 Å². The van der Waals surface area contributed by atoms with Gasteiger partial charge in [0.15, 0.2) is 0 Å². The van der Waals surface area contributed by atoms with E-state index in [0.29, 0.717) is 18.9 Å². The zero-order valence-corrected chi connectivity index (χ0v) is 11.7. The molecule has 0 atom stereocenters. The van der Waals surface area contributed by atoms with Crippen molar-refractivity contribution in [3.63, 3.8) is 0 Å². The van der Waals surface area contributed by atoms with Gasteiger partial charge in [-0.15, -0.1) is 0 Å². The Morgan fingerprint density at radius 3 is 2.76 bits per heavy atom. The molecule has 2 N–H and O–H groups in total. The Hall–Kier alpha value is -2.40. The highest BCUT2D eigenvalue weighted by atomic mass is 16.5. The molecule has 1 aromatic carbocycles. The molecule has 0 radical (unpaired) electrons. The predicted molar refractivity (Wildman–Crippen MR) is 79.7 cm³/mol. The van der Waals surface area contributed by atoms with Crippen LogP contribution in [0.1, 0.15) is 15.9 Å². The number of carboxylic acid groups (broad SMARTS) is 1. The molecule has 0 amide bonds. The van der Waals surface area contributed by atoms with Crippen LogP contribution in [-0.4, -0.2) is 35.8 Å². The predicted octanol–water partition coefficient (Wildman–Crippen LogP) is 1.99. The van der Waals surface area contributed by atoms with Gasteiger partial charge >= 0.3 is 5.97 Å². The number of carbonyl (C=O) groups is 1. The number of benzene rings is 1. The SMILES string of the molecule is O=C(O)c1cccc(OCCNCCc2ccncc2)c1. The first-order valence-electron chi connectivity index (χ1n) is 6.81. The molecule has 2 rings (SSSR count). The largest absolute Gasteiger partial charge is 0.492 e. The smallest absolute Gasteiger partial charge is 0.335 e. The molecule has 0 fully saturated rings. The van der Waals surface area contributed by atoms with Crippen LogP contribution in [0.5, 0.6) is 5.75 Å². The molecule has 0 aliphatic carbocycles. The van der Waals surface area contributed by atoms with Crippen LogP contribution in [0.25, 0.3) is 0 Å². The summed E-state index contributed by atoms with van der Waals surface area (Å²) in [5, 5.41) is 12.2. The van der Waals surface area contributed by atoms with Crippen molar-refractivity contribution in [1.82, 2.24) is 10.3 Å². The highest BCUT2D eigenvalue weighted by Gasteiger charge is 2.03. The van der Waals surface area contributed by atoms with Crippen molar-refractivity contribution in [2.75, 3.05) is 19.7 Å². The lowest BCUT2D eigenvalue weighted by atomic mass is 10.2. The van der Waals surface area contributed by atoms with E-state index in [9.17, 15) is 4.79 Å². The van der Waals surface area contributed by atoms with Crippen molar-refractivity contribution < 1.29 is 14.6 Å². The fourth-order valence-corrected chi connectivity index (χ4v) is 1.87. The summed E-state index contributed by atoms with van der Waals surface area (Å²) in [6.07, 6.45) is 4.51. The van der Waals surface area contributed by atoms with Gasteiger partial charge in [0, 0.05) is 18.9 Å². The highest BCUT2D eigenvalue weighted by molar-refractivity contribution is 5.87. The summed E-state index contributed by atoms with van der Waals surface area (Å²) in [4.78, 5) is 14.8. The van der Waals surface area contributed by atoms with Crippen molar-refractivity contribution in [3.05, 3.63) is 59.9 Å². The zero-order valence-electron chi connectivity index (χ0n) is 11.7. The van der Waals surface area contributed by atoms with Crippen molar-refractivity contribution >= 4 is 5.97 Å². The van der Waals surface area contributed by atoms with Gasteiger partial charge in [-0.25, -0.2) is 4.79 Å². The summed E-state index contributed by atoms with van der Waals surface area (Å²) in [6.45, 7) is 2.07. The number of carboxylic acids is 1. The summed E-state index contributed by atoms with van der Waals surface area (Å²) in [5.74, 6) is -0.373. The minimum atomic E-state index is -0.948. The Bertz CT molecular complexity index is 573. The van der Waals surface area contributed by atoms with Crippen molar-refractivity contribution in [2.45, 2.75) is 6.42 Å². The summed E-state index contributed by atoms with van der Waals surface area (Å²) in [5.41, 5.74) is 1.48. The van der Waals surface area contributed by atoms with E-state index in [1.165, 1.54) is 11.6 Å². The third kappa shape index (κ3) is 5.24. The van der Waals surface area contributed by atoms with Gasteiger partial charge in [-0.2, -0.15) is 0 Å². The van der Waals surface area contributed by atoms with Gasteiger partial charge in [-0.05, 0) is 48.9 Å². The maximum Gasteiger partial charge on any atom is 0.335 e. The number of hydrogen-bond acceptors (Lipinski definition) is 4. The lowest BCUT2D eigenvalue weighted by Gasteiger charge is -2.08. The Morgan fingerprint density at radius 2 is 2.00 bits per heavy atom. The summed E-state index contributed by atoms with van der Waals surface area (Å²) in [7, 11) is 0. The molecule has 0 spiro atoms. The van der Waals surface area contributed by atoms with Gasteiger partial charge in [0.2, 0.25) is 0 Å². The Kier molecular flexibility index (Phi) is 5.72. The second-order valence-corrected chi connectivity index (χ2v) is 4.54. The summed E-state index contributed by atoms with van der Waals surface area (Å²) in [6, 6.07) is 10.5. The minimum absolute atomic E-state index is 0.234. The molecule has 0 aliphatic heterocycles. The highest BCUT2D eigenvalue weighted by Crippen LogP contribution is 2.12. The molecule has 110 valence electrons. The van der Waals surface area contributed by atoms with Gasteiger partial charge in [0.25, 0.3) is 0 Å². The third-order valence-electron chi connectivity index (χ3n) is 2.97. The number of nitrogens with zero attached hydrogens (tertiary/aromatic N) is 1. The van der Waals surface area contributed by atoms with E-state index in [-0.39, 0.29) is 5.56 Å². The molecule has 5 nitrogen and oxygen atoms in total. The van der Waals surface area contributed by atoms with Crippen LogP contribution in [0.4, 0.5) is 0 Å². The first kappa shape index (κ1) is 15.0. The fourth-order valence-electron chi connectivity index (χ4n) is 1.87. The Labute approximate surface area is 123 Å². The van der Waals surface area contributed by atoms with E-state index in [0.717, 1.165) is 13.0 Å². The number of nitrogens with one attached hydrogen (secondary N) is 1. The van der Waals surface area contributed by atoms with Crippen LogP contribution < -0.4 is 10.1 Å². The average molecular weight is 286 g/mol. The lowest BCUT2D eigenvalue weighted by molar-refractivity contribution is 0.0696. The Balaban J connectivity index is 1.64. The van der Waals surface area contributed by atoms with Crippen molar-refractivity contribution in [1.29, 1.82) is 0 Å². The van der Waals surface area contributed by atoms with Crippen molar-refractivity contribution in [2.24, 2.45) is 0 Å². The topological polar surface area (TPSA) is 71.5 Å². The van der Waals surface area contributed by atoms with E-state index >= 15 is 0 Å². The molecule has 2 aromatic rings. The quantitative estimate of drug-likeness (QED) is 0.726. The van der Waals surface area contributed by atoms with Gasteiger partial charge in [-0.3, -0.25) is 4.98 Å². The number of pyridine rings is 1. The lowest BCUT2D eigenvalue weighted by Crippen LogP contribution is -2.23. The molecule has 0 aliphatic rings. The zero-order chi connectivity index (χ0) is 14.9. The molecule has 0 bridgehead atoms. The first-order chi connectivity index (χ1) is 10.3. The molecule has 0 unspecified atom stereocenters. The maximum absolute atomic E-state index is 10.8. The molecular weight excluding hydrogens is 268 g/mol. The second kappa shape index (κ2) is 8.01.